The molecule has 9 nitrogen and oxygen atoms in total. The van der Waals surface area contributed by atoms with E-state index in [2.05, 4.69) is 20.4 Å². The van der Waals surface area contributed by atoms with Crippen LogP contribution in [0.3, 0.4) is 0 Å². The van der Waals surface area contributed by atoms with Crippen molar-refractivity contribution in [1.29, 1.82) is 0 Å². The van der Waals surface area contributed by atoms with Crippen molar-refractivity contribution in [3.63, 3.8) is 0 Å². The normalized spacial score (nSPS) is 14.4. The summed E-state index contributed by atoms with van der Waals surface area (Å²) >= 11 is 1.44. The quantitative estimate of drug-likeness (QED) is 0.515. The average molecular weight is 424 g/mol. The number of hydrogen-bond acceptors (Lipinski definition) is 8. The Morgan fingerprint density at radius 3 is 3.03 bits per heavy atom. The molecule has 1 aliphatic rings. The highest BCUT2D eigenvalue weighted by atomic mass is 32.1. The lowest BCUT2D eigenvalue weighted by atomic mass is 10.1. The third kappa shape index (κ3) is 3.44. The summed E-state index contributed by atoms with van der Waals surface area (Å²) in [6.07, 6.45) is 1.31. The number of amides is 1. The van der Waals surface area contributed by atoms with Crippen molar-refractivity contribution in [1.82, 2.24) is 20.2 Å². The number of nitrogens with one attached hydrogen (secondary N) is 2. The van der Waals surface area contributed by atoms with Gasteiger partial charge < -0.3 is 14.4 Å². The molecule has 2 N–H and O–H groups in total. The number of aromatic nitrogens is 4. The molecule has 0 atom stereocenters. The van der Waals surface area contributed by atoms with Crippen LogP contribution in [-0.2, 0) is 9.47 Å². The van der Waals surface area contributed by atoms with Crippen molar-refractivity contribution in [2.45, 2.75) is 6.92 Å². The van der Waals surface area contributed by atoms with Crippen LogP contribution >= 0.6 is 11.3 Å². The second-order valence-electron chi connectivity index (χ2n) is 6.78. The summed E-state index contributed by atoms with van der Waals surface area (Å²) in [5, 5.41) is 11.6. The van der Waals surface area contributed by atoms with E-state index in [9.17, 15) is 4.79 Å². The molecule has 1 aliphatic heterocycles. The van der Waals surface area contributed by atoms with Crippen LogP contribution in [0, 0.1) is 0 Å². The molecule has 1 saturated heterocycles. The first-order chi connectivity index (χ1) is 14.7. The molecule has 10 heteroatoms. The van der Waals surface area contributed by atoms with Crippen LogP contribution in [0.1, 0.15) is 6.92 Å². The monoisotopic (exact) mass is 424 g/mol. The minimum atomic E-state index is -0.478. The fourth-order valence-electron chi connectivity index (χ4n) is 3.52. The van der Waals surface area contributed by atoms with E-state index < -0.39 is 6.09 Å². The Balaban J connectivity index is 1.64. The predicted octanol–water partition coefficient (Wildman–Crippen LogP) is 3.64. The molecule has 1 fully saturated rings. The zero-order chi connectivity index (χ0) is 20.5. The van der Waals surface area contributed by atoms with E-state index in [1.165, 1.54) is 11.3 Å². The van der Waals surface area contributed by atoms with Gasteiger partial charge >= 0.3 is 6.09 Å². The van der Waals surface area contributed by atoms with Gasteiger partial charge in [-0.15, -0.1) is 11.3 Å². The smallest absolute Gasteiger partial charge is 0.412 e. The Morgan fingerprint density at radius 1 is 1.33 bits per heavy atom. The van der Waals surface area contributed by atoms with Crippen LogP contribution in [0.25, 0.3) is 32.5 Å². The Labute approximate surface area is 176 Å². The molecule has 0 bridgehead atoms. The first-order valence-corrected chi connectivity index (χ1v) is 10.5. The third-order valence-corrected chi connectivity index (χ3v) is 5.93. The minimum absolute atomic E-state index is 0.314. The second kappa shape index (κ2) is 7.88. The Hall–Kier alpha value is -3.24. The van der Waals surface area contributed by atoms with Crippen molar-refractivity contribution in [3.05, 3.63) is 30.5 Å². The van der Waals surface area contributed by atoms with Gasteiger partial charge in [-0.05, 0) is 19.1 Å². The van der Waals surface area contributed by atoms with Gasteiger partial charge in [-0.1, -0.05) is 12.1 Å². The molecule has 0 unspecified atom stereocenters. The summed E-state index contributed by atoms with van der Waals surface area (Å²) in [6, 6.07) is 7.78. The van der Waals surface area contributed by atoms with Crippen molar-refractivity contribution in [2.24, 2.45) is 0 Å². The number of rotatable bonds is 4. The number of nitrogens with zero attached hydrogens (tertiary/aromatic N) is 4. The first kappa shape index (κ1) is 18.8. The molecule has 4 heterocycles. The van der Waals surface area contributed by atoms with Crippen molar-refractivity contribution >= 4 is 49.4 Å². The Morgan fingerprint density at radius 2 is 2.20 bits per heavy atom. The van der Waals surface area contributed by atoms with Gasteiger partial charge in [0.2, 0.25) is 0 Å². The summed E-state index contributed by atoms with van der Waals surface area (Å²) in [5.74, 6) is 1.47. The molecule has 4 aromatic rings. The molecule has 0 saturated carbocycles. The number of thiophene rings is 1. The largest absolute Gasteiger partial charge is 0.450 e. The maximum Gasteiger partial charge on any atom is 0.412 e. The van der Waals surface area contributed by atoms with Crippen LogP contribution in [0.2, 0.25) is 0 Å². The van der Waals surface area contributed by atoms with E-state index in [-0.39, 0.29) is 0 Å². The number of aromatic amines is 1. The van der Waals surface area contributed by atoms with E-state index >= 15 is 0 Å². The summed E-state index contributed by atoms with van der Waals surface area (Å²) in [4.78, 5) is 23.8. The van der Waals surface area contributed by atoms with Crippen molar-refractivity contribution < 1.29 is 14.3 Å². The van der Waals surface area contributed by atoms with Gasteiger partial charge in [0.05, 0.1) is 41.8 Å². The number of carbonyl (C=O) groups is 1. The highest BCUT2D eigenvalue weighted by Gasteiger charge is 2.21. The maximum absolute atomic E-state index is 11.9. The molecule has 154 valence electrons. The van der Waals surface area contributed by atoms with Crippen LogP contribution in [0.4, 0.5) is 15.6 Å². The SMILES string of the molecule is CCOC(=O)Nc1cc2nc(-c3cccc4[nH]ncc34)nc(N3CCOCC3)c2s1. The summed E-state index contributed by atoms with van der Waals surface area (Å²) in [6.45, 7) is 4.89. The minimum Gasteiger partial charge on any atom is -0.450 e. The van der Waals surface area contributed by atoms with Gasteiger partial charge in [-0.25, -0.2) is 14.8 Å². The zero-order valence-electron chi connectivity index (χ0n) is 16.3. The number of H-pyrrole nitrogens is 1. The van der Waals surface area contributed by atoms with Gasteiger partial charge in [0, 0.05) is 24.0 Å². The van der Waals surface area contributed by atoms with Crippen molar-refractivity contribution in [3.8, 4) is 11.4 Å². The highest BCUT2D eigenvalue weighted by molar-refractivity contribution is 7.23. The second-order valence-corrected chi connectivity index (χ2v) is 7.83. The molecular formula is C20H20N6O3S. The maximum atomic E-state index is 11.9. The van der Waals surface area contributed by atoms with E-state index in [1.807, 2.05) is 24.3 Å². The fourth-order valence-corrected chi connectivity index (χ4v) is 4.52. The van der Waals surface area contributed by atoms with E-state index in [4.69, 9.17) is 19.4 Å². The topological polar surface area (TPSA) is 105 Å². The number of hydrogen-bond donors (Lipinski definition) is 2. The zero-order valence-corrected chi connectivity index (χ0v) is 17.2. The van der Waals surface area contributed by atoms with Crippen LogP contribution in [-0.4, -0.2) is 59.2 Å². The number of ether oxygens (including phenoxy) is 2. The van der Waals surface area contributed by atoms with Gasteiger partial charge in [0.1, 0.15) is 5.00 Å². The molecular weight excluding hydrogens is 404 g/mol. The molecule has 5 rings (SSSR count). The molecule has 0 aliphatic carbocycles. The molecule has 0 radical (unpaired) electrons. The summed E-state index contributed by atoms with van der Waals surface area (Å²) < 4.78 is 11.4. The highest BCUT2D eigenvalue weighted by Crippen LogP contribution is 2.37. The van der Waals surface area contributed by atoms with Gasteiger partial charge in [0.15, 0.2) is 11.6 Å². The van der Waals surface area contributed by atoms with E-state index in [0.717, 1.165) is 45.6 Å². The summed E-state index contributed by atoms with van der Waals surface area (Å²) in [7, 11) is 0. The number of morpholine rings is 1. The lowest BCUT2D eigenvalue weighted by Gasteiger charge is -2.28. The lowest BCUT2D eigenvalue weighted by Crippen LogP contribution is -2.36. The third-order valence-electron chi connectivity index (χ3n) is 4.89. The van der Waals surface area contributed by atoms with Gasteiger partial charge in [-0.3, -0.25) is 10.4 Å². The lowest BCUT2D eigenvalue weighted by molar-refractivity contribution is 0.122. The number of carbonyl (C=O) groups excluding carboxylic acids is 1. The Kier molecular flexibility index (Phi) is 4.93. The predicted molar refractivity (Wildman–Crippen MR) is 116 cm³/mol. The Bertz CT molecular complexity index is 1210. The van der Waals surface area contributed by atoms with Gasteiger partial charge in [-0.2, -0.15) is 5.10 Å². The molecule has 0 spiro atoms. The summed E-state index contributed by atoms with van der Waals surface area (Å²) in [5.41, 5.74) is 2.61. The van der Waals surface area contributed by atoms with Gasteiger partial charge in [0.25, 0.3) is 0 Å². The molecule has 1 amide bonds. The van der Waals surface area contributed by atoms with Crippen LogP contribution < -0.4 is 10.2 Å². The average Bonchev–Trinajstić information content (AvgIpc) is 3.40. The molecule has 3 aromatic heterocycles. The molecule has 1 aromatic carbocycles. The van der Waals surface area contributed by atoms with Crippen LogP contribution in [0.5, 0.6) is 0 Å². The number of fused-ring (bicyclic) bond motifs is 2. The number of anilines is 2. The first-order valence-electron chi connectivity index (χ1n) is 9.73. The van der Waals surface area contributed by atoms with E-state index in [1.54, 1.807) is 13.1 Å². The van der Waals surface area contributed by atoms with E-state index in [0.29, 0.717) is 30.6 Å². The standard InChI is InChI=1S/C20H20N6O3S/c1-2-29-20(27)23-16-10-15-17(30-16)19(26-6-8-28-9-7-26)24-18(22-15)12-4-3-5-14-13(12)11-21-25-14/h3-5,10-11H,2,6-9H2,1H3,(H,21,25)(H,23,27). The molecule has 30 heavy (non-hydrogen) atoms. The van der Waals surface area contributed by atoms with Crippen molar-refractivity contribution in [2.75, 3.05) is 43.1 Å². The van der Waals surface area contributed by atoms with Crippen LogP contribution in [0.15, 0.2) is 30.5 Å². The number of benzene rings is 1. The fraction of sp³-hybridized carbons (Fsp3) is 0.300.